The molecular weight excluding hydrogens is 450 g/mol. The van der Waals surface area contributed by atoms with Crippen molar-refractivity contribution in [2.45, 2.75) is 32.4 Å². The van der Waals surface area contributed by atoms with E-state index in [2.05, 4.69) is 62.0 Å². The van der Waals surface area contributed by atoms with Gasteiger partial charge in [0.05, 0.1) is 12.2 Å². The van der Waals surface area contributed by atoms with Crippen molar-refractivity contribution in [1.82, 2.24) is 20.7 Å². The molecule has 0 bridgehead atoms. The lowest BCUT2D eigenvalue weighted by Gasteiger charge is -2.35. The van der Waals surface area contributed by atoms with Crippen LogP contribution in [-0.2, 0) is 24.3 Å². The molecule has 0 saturated carbocycles. The molecule has 0 aliphatic carbocycles. The van der Waals surface area contributed by atoms with Crippen molar-refractivity contribution in [3.05, 3.63) is 83.7 Å². The van der Waals surface area contributed by atoms with Crippen LogP contribution in [0, 0.1) is 11.8 Å². The smallest absolute Gasteiger partial charge is 0.220 e. The lowest BCUT2D eigenvalue weighted by atomic mass is 9.81. The van der Waals surface area contributed by atoms with Gasteiger partial charge in [0.25, 0.3) is 0 Å². The summed E-state index contributed by atoms with van der Waals surface area (Å²) in [4.78, 5) is 17.5. The van der Waals surface area contributed by atoms with Gasteiger partial charge in [-0.25, -0.2) is 0 Å². The average molecular weight is 488 g/mol. The molecule has 2 aromatic carbocycles. The highest BCUT2D eigenvalue weighted by Crippen LogP contribution is 2.26. The van der Waals surface area contributed by atoms with Crippen LogP contribution in [0.2, 0.25) is 0 Å². The van der Waals surface area contributed by atoms with E-state index < -0.39 is 0 Å². The maximum Gasteiger partial charge on any atom is 0.220 e. The van der Waals surface area contributed by atoms with Crippen molar-refractivity contribution < 1.29 is 9.32 Å². The third kappa shape index (κ3) is 6.74. The summed E-state index contributed by atoms with van der Waals surface area (Å²) in [6.45, 7) is 7.33. The molecule has 2 aliphatic heterocycles. The Morgan fingerprint density at radius 3 is 2.53 bits per heavy atom. The zero-order valence-electron chi connectivity index (χ0n) is 20.9. The quantitative estimate of drug-likeness (QED) is 0.482. The number of carbonyl (C=O) groups excluding carboxylic acids is 1. The summed E-state index contributed by atoms with van der Waals surface area (Å²) in [5.74, 6) is 1.80. The van der Waals surface area contributed by atoms with Crippen LogP contribution in [0.15, 0.2) is 71.3 Å². The Labute approximate surface area is 213 Å². The fraction of sp³-hybridized carbons (Fsp3) is 0.448. The molecule has 2 N–H and O–H groups in total. The fourth-order valence-corrected chi connectivity index (χ4v) is 5.41. The SMILES string of the molecule is O=C(C[C@@H]1CCNC[C@@H]1Cc1cc(CN2CCN(c3ccccc3)CC2)on1)NCc1ccccc1. The molecule has 1 aromatic heterocycles. The molecule has 2 fully saturated rings. The predicted molar refractivity (Wildman–Crippen MR) is 142 cm³/mol. The number of nitrogens with zero attached hydrogens (tertiary/aromatic N) is 3. The van der Waals surface area contributed by atoms with Gasteiger partial charge in [0, 0.05) is 50.9 Å². The summed E-state index contributed by atoms with van der Waals surface area (Å²) >= 11 is 0. The number of benzene rings is 2. The highest BCUT2D eigenvalue weighted by Gasteiger charge is 2.28. The third-order valence-electron chi connectivity index (χ3n) is 7.50. The number of piperidine rings is 1. The lowest BCUT2D eigenvalue weighted by Crippen LogP contribution is -2.45. The van der Waals surface area contributed by atoms with Crippen LogP contribution in [0.25, 0.3) is 0 Å². The number of piperazine rings is 1. The Morgan fingerprint density at radius 2 is 1.75 bits per heavy atom. The number of rotatable bonds is 9. The number of carbonyl (C=O) groups is 1. The minimum Gasteiger partial charge on any atom is -0.369 e. The monoisotopic (exact) mass is 487 g/mol. The number of hydrogen-bond acceptors (Lipinski definition) is 6. The molecule has 7 nitrogen and oxygen atoms in total. The Bertz CT molecular complexity index is 1080. The summed E-state index contributed by atoms with van der Waals surface area (Å²) < 4.78 is 5.72. The number of nitrogens with one attached hydrogen (secondary N) is 2. The number of aromatic nitrogens is 1. The molecule has 0 unspecified atom stereocenters. The van der Waals surface area contributed by atoms with E-state index in [4.69, 9.17) is 4.52 Å². The standard InChI is InChI=1S/C29H37N5O2/c35-29(31-20-23-7-3-1-4-8-23)18-24-11-12-30-21-25(24)17-26-19-28(36-32-26)22-33-13-15-34(16-14-33)27-9-5-2-6-10-27/h1-10,19,24-25,30H,11-18,20-22H2,(H,31,35)/t24-,25-/m0/s1. The van der Waals surface area contributed by atoms with Gasteiger partial charge in [-0.3, -0.25) is 9.69 Å². The number of para-hydroxylation sites is 1. The van der Waals surface area contributed by atoms with Gasteiger partial charge in [0.2, 0.25) is 5.91 Å². The van der Waals surface area contributed by atoms with E-state index in [1.165, 1.54) is 5.69 Å². The lowest BCUT2D eigenvalue weighted by molar-refractivity contribution is -0.122. The normalized spacial score (nSPS) is 20.8. The summed E-state index contributed by atoms with van der Waals surface area (Å²) in [5.41, 5.74) is 3.42. The molecule has 5 rings (SSSR count). The van der Waals surface area contributed by atoms with Crippen LogP contribution < -0.4 is 15.5 Å². The number of amides is 1. The highest BCUT2D eigenvalue weighted by molar-refractivity contribution is 5.76. The van der Waals surface area contributed by atoms with Crippen LogP contribution in [0.5, 0.6) is 0 Å². The van der Waals surface area contributed by atoms with Crippen molar-refractivity contribution in [2.24, 2.45) is 11.8 Å². The topological polar surface area (TPSA) is 73.6 Å². The van der Waals surface area contributed by atoms with E-state index >= 15 is 0 Å². The molecule has 7 heteroatoms. The summed E-state index contributed by atoms with van der Waals surface area (Å²) in [6, 6.07) is 22.8. The van der Waals surface area contributed by atoms with E-state index in [1.807, 2.05) is 30.3 Å². The predicted octanol–water partition coefficient (Wildman–Crippen LogP) is 3.47. The molecule has 36 heavy (non-hydrogen) atoms. The molecule has 1 amide bonds. The Balaban J connectivity index is 1.09. The van der Waals surface area contributed by atoms with E-state index in [9.17, 15) is 4.79 Å². The average Bonchev–Trinajstić information content (AvgIpc) is 3.37. The van der Waals surface area contributed by atoms with Gasteiger partial charge >= 0.3 is 0 Å². The molecule has 190 valence electrons. The number of anilines is 1. The minimum atomic E-state index is 0.131. The van der Waals surface area contributed by atoms with Gasteiger partial charge in [-0.2, -0.15) is 0 Å². The molecule has 0 spiro atoms. The minimum absolute atomic E-state index is 0.131. The molecule has 2 atom stereocenters. The van der Waals surface area contributed by atoms with E-state index in [-0.39, 0.29) is 5.91 Å². The van der Waals surface area contributed by atoms with Crippen LogP contribution >= 0.6 is 0 Å². The summed E-state index contributed by atoms with van der Waals surface area (Å²) in [6.07, 6.45) is 2.42. The van der Waals surface area contributed by atoms with E-state index in [0.717, 1.165) is 75.7 Å². The maximum atomic E-state index is 12.6. The van der Waals surface area contributed by atoms with Crippen LogP contribution in [0.3, 0.4) is 0 Å². The van der Waals surface area contributed by atoms with Gasteiger partial charge in [-0.05, 0) is 55.5 Å². The van der Waals surface area contributed by atoms with Crippen molar-refractivity contribution in [3.8, 4) is 0 Å². The first kappa shape index (κ1) is 24.5. The second kappa shape index (κ2) is 12.2. The van der Waals surface area contributed by atoms with Gasteiger partial charge in [-0.1, -0.05) is 53.7 Å². The summed E-state index contributed by atoms with van der Waals surface area (Å²) in [5, 5.41) is 11.0. The van der Waals surface area contributed by atoms with Gasteiger partial charge < -0.3 is 20.1 Å². The number of hydrogen-bond donors (Lipinski definition) is 2. The summed E-state index contributed by atoms with van der Waals surface area (Å²) in [7, 11) is 0. The third-order valence-corrected chi connectivity index (χ3v) is 7.50. The zero-order chi connectivity index (χ0) is 24.6. The molecule has 3 aromatic rings. The Hall–Kier alpha value is -3.16. The van der Waals surface area contributed by atoms with Crippen LogP contribution in [0.1, 0.15) is 29.9 Å². The molecular formula is C29H37N5O2. The fourth-order valence-electron chi connectivity index (χ4n) is 5.41. The van der Waals surface area contributed by atoms with E-state index in [1.54, 1.807) is 0 Å². The second-order valence-corrected chi connectivity index (χ2v) is 10.1. The second-order valence-electron chi connectivity index (χ2n) is 10.1. The molecule has 0 radical (unpaired) electrons. The van der Waals surface area contributed by atoms with E-state index in [0.29, 0.717) is 24.8 Å². The van der Waals surface area contributed by atoms with Crippen LogP contribution in [0.4, 0.5) is 5.69 Å². The van der Waals surface area contributed by atoms with Crippen molar-refractivity contribution >= 4 is 11.6 Å². The first-order valence-corrected chi connectivity index (χ1v) is 13.2. The largest absolute Gasteiger partial charge is 0.369 e. The molecule has 2 saturated heterocycles. The molecule has 2 aliphatic rings. The Morgan fingerprint density at radius 1 is 1.00 bits per heavy atom. The van der Waals surface area contributed by atoms with Crippen molar-refractivity contribution in [2.75, 3.05) is 44.2 Å². The maximum absolute atomic E-state index is 12.6. The zero-order valence-corrected chi connectivity index (χ0v) is 20.9. The van der Waals surface area contributed by atoms with Gasteiger partial charge in [-0.15, -0.1) is 0 Å². The van der Waals surface area contributed by atoms with Crippen molar-refractivity contribution in [3.63, 3.8) is 0 Å². The Kier molecular flexibility index (Phi) is 8.31. The first-order valence-electron chi connectivity index (χ1n) is 13.2. The highest BCUT2D eigenvalue weighted by atomic mass is 16.5. The van der Waals surface area contributed by atoms with Crippen LogP contribution in [-0.4, -0.2) is 55.2 Å². The van der Waals surface area contributed by atoms with Gasteiger partial charge in [0.15, 0.2) is 5.76 Å². The van der Waals surface area contributed by atoms with Crippen molar-refractivity contribution in [1.29, 1.82) is 0 Å². The van der Waals surface area contributed by atoms with Gasteiger partial charge in [0.1, 0.15) is 0 Å². The first-order chi connectivity index (χ1) is 17.7. The molecule has 3 heterocycles.